The van der Waals surface area contributed by atoms with Crippen LogP contribution in [-0.4, -0.2) is 34.0 Å². The van der Waals surface area contributed by atoms with E-state index in [1.54, 1.807) is 24.3 Å². The van der Waals surface area contributed by atoms with Crippen LogP contribution in [0.25, 0.3) is 0 Å². The van der Waals surface area contributed by atoms with Crippen molar-refractivity contribution in [2.24, 2.45) is 21.7 Å². The van der Waals surface area contributed by atoms with Gasteiger partial charge in [-0.25, -0.2) is 9.67 Å². The fraction of sp³-hybridized carbons (Fsp3) is 0.167. The lowest BCUT2D eigenvalue weighted by Crippen LogP contribution is -2.21. The fourth-order valence-electron chi connectivity index (χ4n) is 1.65. The molecule has 1 aromatic heterocycles. The van der Waals surface area contributed by atoms with Crippen LogP contribution in [0.4, 0.5) is 0 Å². The van der Waals surface area contributed by atoms with Gasteiger partial charge in [-0.3, -0.25) is 0 Å². The van der Waals surface area contributed by atoms with Gasteiger partial charge >= 0.3 is 0 Å². The van der Waals surface area contributed by atoms with E-state index >= 15 is 0 Å². The maximum Gasteiger partial charge on any atom is 0.211 e. The third-order valence-corrected chi connectivity index (χ3v) is 2.48. The summed E-state index contributed by atoms with van der Waals surface area (Å²) in [6.07, 6.45) is 4.68. The molecule has 104 valence electrons. The second kappa shape index (κ2) is 6.32. The molecule has 0 aliphatic heterocycles. The molecule has 2 rings (SSSR count). The van der Waals surface area contributed by atoms with Gasteiger partial charge in [-0.05, 0) is 23.8 Å². The normalized spacial score (nSPS) is 10.7. The van der Waals surface area contributed by atoms with Crippen molar-refractivity contribution in [3.05, 3.63) is 42.0 Å². The van der Waals surface area contributed by atoms with Gasteiger partial charge in [0.15, 0.2) is 0 Å². The van der Waals surface area contributed by atoms with Gasteiger partial charge < -0.3 is 16.2 Å². The second-order valence-corrected chi connectivity index (χ2v) is 3.93. The summed E-state index contributed by atoms with van der Waals surface area (Å²) in [7, 11) is 1.62. The maximum absolute atomic E-state index is 5.32. The number of guanidine groups is 1. The van der Waals surface area contributed by atoms with Crippen LogP contribution in [0, 0.1) is 0 Å². The number of methoxy groups -OCH3 is 1. The molecule has 4 N–H and O–H groups in total. The van der Waals surface area contributed by atoms with Crippen LogP contribution in [0.2, 0.25) is 0 Å². The van der Waals surface area contributed by atoms with E-state index in [0.29, 0.717) is 6.54 Å². The van der Waals surface area contributed by atoms with Gasteiger partial charge in [0.25, 0.3) is 0 Å². The lowest BCUT2D eigenvalue weighted by molar-refractivity contribution is 0.407. The molecule has 0 bridgehead atoms. The predicted octanol–water partition coefficient (Wildman–Crippen LogP) is -0.0577. The Hall–Kier alpha value is -2.90. The highest BCUT2D eigenvalue weighted by Gasteiger charge is 2.05. The van der Waals surface area contributed by atoms with Crippen molar-refractivity contribution in [1.82, 2.24) is 14.8 Å². The minimum atomic E-state index is -0.0856. The van der Waals surface area contributed by atoms with Crippen LogP contribution in [0.15, 0.2) is 41.1 Å². The van der Waals surface area contributed by atoms with E-state index in [2.05, 4.69) is 20.3 Å². The first kappa shape index (κ1) is 13.5. The molecule has 0 spiro atoms. The molecule has 0 atom stereocenters. The molecule has 0 saturated heterocycles. The number of rotatable bonds is 5. The number of hydrogen-bond donors (Lipinski definition) is 2. The van der Waals surface area contributed by atoms with Crippen molar-refractivity contribution < 1.29 is 4.74 Å². The van der Waals surface area contributed by atoms with E-state index in [1.807, 2.05) is 18.2 Å². The third kappa shape index (κ3) is 3.55. The molecule has 0 fully saturated rings. The maximum atomic E-state index is 5.32. The monoisotopic (exact) mass is 273 g/mol. The Morgan fingerprint density at radius 2 is 2.30 bits per heavy atom. The van der Waals surface area contributed by atoms with Crippen molar-refractivity contribution in [3.63, 3.8) is 0 Å². The molecule has 0 radical (unpaired) electrons. The Morgan fingerprint density at radius 3 is 2.95 bits per heavy atom. The van der Waals surface area contributed by atoms with Gasteiger partial charge in [0.2, 0.25) is 5.96 Å². The van der Waals surface area contributed by atoms with Crippen LogP contribution in [0.3, 0.4) is 0 Å². The van der Waals surface area contributed by atoms with Crippen LogP contribution in [0.5, 0.6) is 5.75 Å². The first-order valence-electron chi connectivity index (χ1n) is 5.80. The molecule has 0 saturated carbocycles. The van der Waals surface area contributed by atoms with Gasteiger partial charge in [-0.15, -0.1) is 5.10 Å². The summed E-state index contributed by atoms with van der Waals surface area (Å²) in [5.41, 5.74) is 12.2. The molecule has 1 heterocycles. The second-order valence-electron chi connectivity index (χ2n) is 3.93. The molecule has 0 aliphatic rings. The van der Waals surface area contributed by atoms with Crippen LogP contribution in [-0.2, 0) is 6.54 Å². The Labute approximate surface area is 115 Å². The highest BCUT2D eigenvalue weighted by molar-refractivity contribution is 5.82. The molecular weight excluding hydrogens is 258 g/mol. The van der Waals surface area contributed by atoms with Gasteiger partial charge in [0, 0.05) is 5.56 Å². The van der Waals surface area contributed by atoms with E-state index < -0.39 is 0 Å². The van der Waals surface area contributed by atoms with Crippen molar-refractivity contribution in [3.8, 4) is 5.75 Å². The Balaban J connectivity index is 2.24. The highest BCUT2D eigenvalue weighted by atomic mass is 16.5. The molecule has 0 unspecified atom stereocenters. The summed E-state index contributed by atoms with van der Waals surface area (Å²) >= 11 is 0. The van der Waals surface area contributed by atoms with E-state index in [-0.39, 0.29) is 5.96 Å². The van der Waals surface area contributed by atoms with Gasteiger partial charge in [-0.1, -0.05) is 0 Å². The minimum absolute atomic E-state index is 0.0856. The largest absolute Gasteiger partial charge is 0.496 e. The number of benzene rings is 1. The zero-order valence-electron chi connectivity index (χ0n) is 11.0. The van der Waals surface area contributed by atoms with E-state index in [1.165, 1.54) is 6.33 Å². The topological polar surface area (TPSA) is 117 Å². The van der Waals surface area contributed by atoms with Crippen molar-refractivity contribution >= 4 is 12.2 Å². The van der Waals surface area contributed by atoms with Crippen LogP contribution < -0.4 is 16.2 Å². The summed E-state index contributed by atoms with van der Waals surface area (Å²) in [5.74, 6) is 0.678. The fourth-order valence-corrected chi connectivity index (χ4v) is 1.65. The smallest absolute Gasteiger partial charge is 0.211 e. The molecule has 0 aliphatic carbocycles. The summed E-state index contributed by atoms with van der Waals surface area (Å²) in [6.45, 7) is 0.549. The van der Waals surface area contributed by atoms with E-state index in [4.69, 9.17) is 16.2 Å². The highest BCUT2D eigenvalue weighted by Crippen LogP contribution is 2.20. The molecular formula is C12H15N7O. The average molecular weight is 273 g/mol. The standard InChI is InChI=1S/C12H15N7O/c1-20-11-3-2-9(5-16-18-12(13)14)4-10(11)6-19-8-15-7-17-19/h2-5,7-8H,6H2,1H3,(H4,13,14,18). The van der Waals surface area contributed by atoms with Crippen LogP contribution in [0.1, 0.15) is 11.1 Å². The number of nitrogens with two attached hydrogens (primary N) is 2. The Bertz CT molecular complexity index is 615. The Morgan fingerprint density at radius 1 is 1.45 bits per heavy atom. The number of ether oxygens (including phenoxy) is 1. The average Bonchev–Trinajstić information content (AvgIpc) is 2.91. The lowest BCUT2D eigenvalue weighted by Gasteiger charge is -2.09. The summed E-state index contributed by atoms with van der Waals surface area (Å²) in [6, 6.07) is 5.63. The number of aromatic nitrogens is 3. The zero-order valence-corrected chi connectivity index (χ0v) is 11.0. The number of nitrogens with zero attached hydrogens (tertiary/aromatic N) is 5. The predicted molar refractivity (Wildman–Crippen MR) is 75.5 cm³/mol. The van der Waals surface area contributed by atoms with Gasteiger partial charge in [0.05, 0.1) is 19.9 Å². The van der Waals surface area contributed by atoms with Gasteiger partial charge in [0.1, 0.15) is 18.4 Å². The third-order valence-electron chi connectivity index (χ3n) is 2.48. The zero-order chi connectivity index (χ0) is 14.4. The number of hydrogen-bond acceptors (Lipinski definition) is 5. The van der Waals surface area contributed by atoms with E-state index in [9.17, 15) is 0 Å². The van der Waals surface area contributed by atoms with E-state index in [0.717, 1.165) is 16.9 Å². The lowest BCUT2D eigenvalue weighted by atomic mass is 10.1. The minimum Gasteiger partial charge on any atom is -0.496 e. The Kier molecular flexibility index (Phi) is 4.28. The molecule has 2 aromatic rings. The summed E-state index contributed by atoms with van der Waals surface area (Å²) in [5, 5.41) is 11.4. The van der Waals surface area contributed by atoms with Crippen molar-refractivity contribution in [2.75, 3.05) is 7.11 Å². The first-order valence-corrected chi connectivity index (χ1v) is 5.80. The van der Waals surface area contributed by atoms with Crippen molar-refractivity contribution in [1.29, 1.82) is 0 Å². The summed E-state index contributed by atoms with van der Waals surface area (Å²) < 4.78 is 7.02. The van der Waals surface area contributed by atoms with Gasteiger partial charge in [-0.2, -0.15) is 10.2 Å². The first-order chi connectivity index (χ1) is 9.69. The SMILES string of the molecule is COc1ccc(C=NN=C(N)N)cc1Cn1cncn1. The summed E-state index contributed by atoms with van der Waals surface area (Å²) in [4.78, 5) is 3.90. The molecule has 0 amide bonds. The molecule has 8 nitrogen and oxygen atoms in total. The molecule has 1 aromatic carbocycles. The molecule has 20 heavy (non-hydrogen) atoms. The molecule has 8 heteroatoms. The quantitative estimate of drug-likeness (QED) is 0.449. The van der Waals surface area contributed by atoms with Crippen molar-refractivity contribution in [2.45, 2.75) is 6.54 Å². The van der Waals surface area contributed by atoms with Crippen LogP contribution >= 0.6 is 0 Å².